The highest BCUT2D eigenvalue weighted by Crippen LogP contribution is 2.19. The van der Waals surface area contributed by atoms with Gasteiger partial charge in [0.15, 0.2) is 15.8 Å². The molecule has 2 fully saturated rings. The number of aliphatic imine (C=N–C) groups is 1. The number of piperidine rings is 1. The molecule has 2 aliphatic rings. The molecule has 1 aromatic carbocycles. The topological polar surface area (TPSA) is 73.8 Å². The molecular weight excluding hydrogens is 360 g/mol. The highest BCUT2D eigenvalue weighted by Gasteiger charge is 2.28. The van der Waals surface area contributed by atoms with Gasteiger partial charge in [0, 0.05) is 26.2 Å². The Bertz CT molecular complexity index is 738. The maximum Gasteiger partial charge on any atom is 0.191 e. The van der Waals surface area contributed by atoms with Crippen LogP contribution in [0.4, 0.5) is 0 Å². The molecule has 1 atom stereocenters. The van der Waals surface area contributed by atoms with Gasteiger partial charge in [0.2, 0.25) is 0 Å². The highest BCUT2D eigenvalue weighted by molar-refractivity contribution is 7.91. The summed E-state index contributed by atoms with van der Waals surface area (Å²) in [5, 5.41) is 6.65. The van der Waals surface area contributed by atoms with Gasteiger partial charge in [-0.15, -0.1) is 0 Å². The zero-order valence-electron chi connectivity index (χ0n) is 16.4. The molecule has 0 amide bonds. The van der Waals surface area contributed by atoms with Crippen LogP contribution < -0.4 is 10.6 Å². The normalized spacial score (nSPS) is 24.1. The SMILES string of the molecule is CN=C(NCC1CCN(Cc2ccc(C)cc2)CC1)NC1CCS(=O)(=O)C1. The maximum absolute atomic E-state index is 11.6. The minimum absolute atomic E-state index is 0.0162. The number of nitrogens with zero attached hydrogens (tertiary/aromatic N) is 2. The number of rotatable bonds is 5. The fraction of sp³-hybridized carbons (Fsp3) is 0.650. The molecule has 0 aliphatic carbocycles. The Kier molecular flexibility index (Phi) is 6.76. The summed E-state index contributed by atoms with van der Waals surface area (Å²) in [5.74, 6) is 1.84. The van der Waals surface area contributed by atoms with E-state index in [1.54, 1.807) is 7.05 Å². The van der Waals surface area contributed by atoms with Crippen molar-refractivity contribution in [1.29, 1.82) is 0 Å². The monoisotopic (exact) mass is 392 g/mol. The van der Waals surface area contributed by atoms with Crippen LogP contribution in [0.5, 0.6) is 0 Å². The average molecular weight is 393 g/mol. The zero-order chi connectivity index (χ0) is 19.3. The molecule has 2 N–H and O–H groups in total. The minimum Gasteiger partial charge on any atom is -0.356 e. The van der Waals surface area contributed by atoms with Crippen LogP contribution in [0, 0.1) is 12.8 Å². The first-order valence-electron chi connectivity index (χ1n) is 9.89. The molecule has 6 nitrogen and oxygen atoms in total. The van der Waals surface area contributed by atoms with Crippen LogP contribution in [0.1, 0.15) is 30.4 Å². The molecule has 1 aromatic rings. The van der Waals surface area contributed by atoms with Crippen LogP contribution in [0.25, 0.3) is 0 Å². The van der Waals surface area contributed by atoms with E-state index < -0.39 is 9.84 Å². The van der Waals surface area contributed by atoms with Gasteiger partial charge in [-0.05, 0) is 50.8 Å². The van der Waals surface area contributed by atoms with Gasteiger partial charge in [0.05, 0.1) is 11.5 Å². The Morgan fingerprint density at radius 1 is 1.19 bits per heavy atom. The number of hydrogen-bond donors (Lipinski definition) is 2. The number of nitrogens with one attached hydrogen (secondary N) is 2. The molecule has 0 spiro atoms. The van der Waals surface area contributed by atoms with Crippen molar-refractivity contribution in [3.05, 3.63) is 35.4 Å². The number of sulfone groups is 1. The van der Waals surface area contributed by atoms with Gasteiger partial charge in [0.1, 0.15) is 0 Å². The van der Waals surface area contributed by atoms with Crippen LogP contribution in [0.3, 0.4) is 0 Å². The molecule has 2 aliphatic heterocycles. The lowest BCUT2D eigenvalue weighted by Gasteiger charge is -2.32. The molecule has 27 heavy (non-hydrogen) atoms. The lowest BCUT2D eigenvalue weighted by atomic mass is 9.96. The van der Waals surface area contributed by atoms with Crippen LogP contribution in [0.15, 0.2) is 29.3 Å². The molecule has 0 aromatic heterocycles. The van der Waals surface area contributed by atoms with E-state index in [1.807, 2.05) is 0 Å². The Morgan fingerprint density at radius 3 is 2.48 bits per heavy atom. The van der Waals surface area contributed by atoms with Crippen LogP contribution in [0.2, 0.25) is 0 Å². The number of likely N-dealkylation sites (tertiary alicyclic amines) is 1. The maximum atomic E-state index is 11.6. The number of guanidine groups is 1. The predicted molar refractivity (Wildman–Crippen MR) is 111 cm³/mol. The first kappa shape index (κ1) is 20.1. The van der Waals surface area contributed by atoms with Crippen LogP contribution in [-0.2, 0) is 16.4 Å². The largest absolute Gasteiger partial charge is 0.356 e. The Hall–Kier alpha value is -1.60. The Balaban J connectivity index is 1.38. The lowest BCUT2D eigenvalue weighted by Crippen LogP contribution is -2.46. The second-order valence-electron chi connectivity index (χ2n) is 7.90. The molecule has 0 bridgehead atoms. The summed E-state index contributed by atoms with van der Waals surface area (Å²) < 4.78 is 23.2. The molecule has 2 saturated heterocycles. The van der Waals surface area contributed by atoms with E-state index in [4.69, 9.17) is 0 Å². The predicted octanol–water partition coefficient (Wildman–Crippen LogP) is 1.56. The summed E-state index contributed by atoms with van der Waals surface area (Å²) in [6, 6.07) is 8.79. The molecule has 7 heteroatoms. The summed E-state index contributed by atoms with van der Waals surface area (Å²) in [5.41, 5.74) is 2.69. The van der Waals surface area contributed by atoms with Crippen molar-refractivity contribution >= 4 is 15.8 Å². The molecule has 1 unspecified atom stereocenters. The van der Waals surface area contributed by atoms with E-state index in [1.165, 1.54) is 24.0 Å². The van der Waals surface area contributed by atoms with Crippen molar-refractivity contribution in [2.75, 3.05) is 38.2 Å². The van der Waals surface area contributed by atoms with Crippen LogP contribution in [-0.4, -0.2) is 63.5 Å². The Morgan fingerprint density at radius 2 is 1.89 bits per heavy atom. The van der Waals surface area contributed by atoms with Gasteiger partial charge in [-0.1, -0.05) is 29.8 Å². The minimum atomic E-state index is -2.87. The molecule has 0 radical (unpaired) electrons. The van der Waals surface area contributed by atoms with Crippen molar-refractivity contribution in [2.45, 2.75) is 38.8 Å². The summed E-state index contributed by atoms with van der Waals surface area (Å²) in [4.78, 5) is 6.78. The first-order chi connectivity index (χ1) is 12.9. The summed E-state index contributed by atoms with van der Waals surface area (Å²) in [7, 11) is -1.13. The second kappa shape index (κ2) is 9.06. The summed E-state index contributed by atoms with van der Waals surface area (Å²) >= 11 is 0. The van der Waals surface area contributed by atoms with E-state index in [0.29, 0.717) is 12.3 Å². The third-order valence-corrected chi connectivity index (χ3v) is 7.36. The van der Waals surface area contributed by atoms with Crippen molar-refractivity contribution in [3.8, 4) is 0 Å². The van der Waals surface area contributed by atoms with E-state index in [2.05, 4.69) is 51.7 Å². The van der Waals surface area contributed by atoms with E-state index in [9.17, 15) is 8.42 Å². The Labute approximate surface area is 163 Å². The quantitative estimate of drug-likeness (QED) is 0.588. The summed E-state index contributed by atoms with van der Waals surface area (Å²) in [6.45, 7) is 6.27. The van der Waals surface area contributed by atoms with Crippen molar-refractivity contribution in [3.63, 3.8) is 0 Å². The van der Waals surface area contributed by atoms with Crippen molar-refractivity contribution in [2.24, 2.45) is 10.9 Å². The van der Waals surface area contributed by atoms with E-state index >= 15 is 0 Å². The molecule has 3 rings (SSSR count). The van der Waals surface area contributed by atoms with E-state index in [0.717, 1.165) is 32.1 Å². The second-order valence-corrected chi connectivity index (χ2v) is 10.1. The van der Waals surface area contributed by atoms with Gasteiger partial charge < -0.3 is 10.6 Å². The molecular formula is C20H32N4O2S. The standard InChI is InChI=1S/C20H32N4O2S/c1-16-3-5-18(6-4-16)14-24-10-7-17(8-11-24)13-22-20(21-2)23-19-9-12-27(25,26)15-19/h3-6,17,19H,7-15H2,1-2H3,(H2,21,22,23). The molecule has 0 saturated carbocycles. The average Bonchev–Trinajstić information content (AvgIpc) is 3.00. The smallest absolute Gasteiger partial charge is 0.191 e. The van der Waals surface area contributed by atoms with Crippen molar-refractivity contribution < 1.29 is 8.42 Å². The van der Waals surface area contributed by atoms with Gasteiger partial charge in [-0.2, -0.15) is 0 Å². The van der Waals surface area contributed by atoms with Gasteiger partial charge in [-0.3, -0.25) is 9.89 Å². The number of benzene rings is 1. The fourth-order valence-electron chi connectivity index (χ4n) is 3.84. The summed E-state index contributed by atoms with van der Waals surface area (Å²) in [6.07, 6.45) is 3.02. The molecule has 150 valence electrons. The van der Waals surface area contributed by atoms with Crippen LogP contribution >= 0.6 is 0 Å². The van der Waals surface area contributed by atoms with Crippen molar-refractivity contribution in [1.82, 2.24) is 15.5 Å². The van der Waals surface area contributed by atoms with Gasteiger partial charge >= 0.3 is 0 Å². The molecule has 2 heterocycles. The van der Waals surface area contributed by atoms with E-state index in [-0.39, 0.29) is 17.5 Å². The third kappa shape index (κ3) is 6.21. The number of aryl methyl sites for hydroxylation is 1. The third-order valence-electron chi connectivity index (χ3n) is 5.59. The lowest BCUT2D eigenvalue weighted by molar-refractivity contribution is 0.178. The highest BCUT2D eigenvalue weighted by atomic mass is 32.2. The first-order valence-corrected chi connectivity index (χ1v) is 11.7. The zero-order valence-corrected chi connectivity index (χ0v) is 17.3. The fourth-order valence-corrected chi connectivity index (χ4v) is 5.51. The van der Waals surface area contributed by atoms with Gasteiger partial charge in [0.25, 0.3) is 0 Å². The number of hydrogen-bond acceptors (Lipinski definition) is 4. The van der Waals surface area contributed by atoms with Gasteiger partial charge in [-0.25, -0.2) is 8.42 Å².